The SMILES string of the molecule is CC1(Nc2cccc(CN)c2)CCC1. The fourth-order valence-corrected chi connectivity index (χ4v) is 1.96. The lowest BCUT2D eigenvalue weighted by Crippen LogP contribution is -2.41. The van der Waals surface area contributed by atoms with Crippen LogP contribution in [0, 0.1) is 0 Å². The van der Waals surface area contributed by atoms with E-state index in [4.69, 9.17) is 5.73 Å². The average molecular weight is 190 g/mol. The maximum absolute atomic E-state index is 5.60. The molecular formula is C12H18N2. The van der Waals surface area contributed by atoms with Crippen LogP contribution in [0.4, 0.5) is 5.69 Å². The van der Waals surface area contributed by atoms with Gasteiger partial charge in [-0.2, -0.15) is 0 Å². The molecule has 0 radical (unpaired) electrons. The molecule has 1 aromatic rings. The molecule has 76 valence electrons. The summed E-state index contributed by atoms with van der Waals surface area (Å²) in [6.45, 7) is 2.90. The second-order valence-electron chi connectivity index (χ2n) is 4.44. The fraction of sp³-hybridized carbons (Fsp3) is 0.500. The molecule has 1 saturated carbocycles. The van der Waals surface area contributed by atoms with E-state index in [9.17, 15) is 0 Å². The first-order valence-corrected chi connectivity index (χ1v) is 5.29. The molecule has 0 heterocycles. The molecule has 2 heteroatoms. The first-order chi connectivity index (χ1) is 6.72. The number of nitrogens with one attached hydrogen (secondary N) is 1. The minimum atomic E-state index is 0.327. The van der Waals surface area contributed by atoms with Crippen LogP contribution in [-0.2, 0) is 6.54 Å². The lowest BCUT2D eigenvalue weighted by molar-refractivity contribution is 0.306. The highest BCUT2D eigenvalue weighted by atomic mass is 15.0. The molecule has 0 aliphatic heterocycles. The van der Waals surface area contributed by atoms with Crippen LogP contribution in [0.15, 0.2) is 24.3 Å². The summed E-state index contributed by atoms with van der Waals surface area (Å²) in [4.78, 5) is 0. The lowest BCUT2D eigenvalue weighted by atomic mass is 9.78. The minimum absolute atomic E-state index is 0.327. The Morgan fingerprint density at radius 3 is 2.79 bits per heavy atom. The third-order valence-corrected chi connectivity index (χ3v) is 3.07. The van der Waals surface area contributed by atoms with Crippen molar-refractivity contribution in [3.8, 4) is 0 Å². The molecule has 1 aliphatic carbocycles. The average Bonchev–Trinajstić information content (AvgIpc) is 2.16. The van der Waals surface area contributed by atoms with Crippen molar-refractivity contribution in [1.29, 1.82) is 0 Å². The largest absolute Gasteiger partial charge is 0.380 e. The fourth-order valence-electron chi connectivity index (χ4n) is 1.96. The summed E-state index contributed by atoms with van der Waals surface area (Å²) in [6.07, 6.45) is 3.90. The lowest BCUT2D eigenvalue weighted by Gasteiger charge is -2.40. The maximum Gasteiger partial charge on any atom is 0.0347 e. The molecule has 0 unspecified atom stereocenters. The van der Waals surface area contributed by atoms with E-state index in [0.29, 0.717) is 12.1 Å². The van der Waals surface area contributed by atoms with Crippen molar-refractivity contribution in [3.63, 3.8) is 0 Å². The zero-order valence-corrected chi connectivity index (χ0v) is 8.72. The molecule has 3 N–H and O–H groups in total. The zero-order chi connectivity index (χ0) is 10.0. The quantitative estimate of drug-likeness (QED) is 0.768. The van der Waals surface area contributed by atoms with Crippen LogP contribution < -0.4 is 11.1 Å². The van der Waals surface area contributed by atoms with Gasteiger partial charge in [0, 0.05) is 17.8 Å². The highest BCUT2D eigenvalue weighted by Crippen LogP contribution is 2.34. The van der Waals surface area contributed by atoms with Crippen molar-refractivity contribution in [2.45, 2.75) is 38.3 Å². The van der Waals surface area contributed by atoms with Gasteiger partial charge in [-0.05, 0) is 43.9 Å². The van der Waals surface area contributed by atoms with Crippen molar-refractivity contribution >= 4 is 5.69 Å². The molecule has 14 heavy (non-hydrogen) atoms. The van der Waals surface area contributed by atoms with Crippen molar-refractivity contribution in [1.82, 2.24) is 0 Å². The molecule has 0 aromatic heterocycles. The number of hydrogen-bond donors (Lipinski definition) is 2. The van der Waals surface area contributed by atoms with Gasteiger partial charge in [0.05, 0.1) is 0 Å². The van der Waals surface area contributed by atoms with Crippen LogP contribution in [0.3, 0.4) is 0 Å². The molecule has 2 rings (SSSR count). The van der Waals surface area contributed by atoms with Gasteiger partial charge in [-0.1, -0.05) is 12.1 Å². The Morgan fingerprint density at radius 1 is 1.43 bits per heavy atom. The van der Waals surface area contributed by atoms with Crippen LogP contribution >= 0.6 is 0 Å². The van der Waals surface area contributed by atoms with Gasteiger partial charge in [-0.15, -0.1) is 0 Å². The third-order valence-electron chi connectivity index (χ3n) is 3.07. The first-order valence-electron chi connectivity index (χ1n) is 5.29. The molecule has 1 aliphatic rings. The monoisotopic (exact) mass is 190 g/mol. The van der Waals surface area contributed by atoms with Crippen molar-refractivity contribution in [2.75, 3.05) is 5.32 Å². The van der Waals surface area contributed by atoms with E-state index in [1.54, 1.807) is 0 Å². The molecule has 0 atom stereocenters. The Bertz CT molecular complexity index is 316. The Morgan fingerprint density at radius 2 is 2.21 bits per heavy atom. The van der Waals surface area contributed by atoms with E-state index < -0.39 is 0 Å². The van der Waals surface area contributed by atoms with Gasteiger partial charge in [-0.25, -0.2) is 0 Å². The molecule has 2 nitrogen and oxygen atoms in total. The molecule has 0 bridgehead atoms. The van der Waals surface area contributed by atoms with Crippen LogP contribution in [0.1, 0.15) is 31.7 Å². The Labute approximate surface area is 85.5 Å². The maximum atomic E-state index is 5.60. The molecule has 0 spiro atoms. The van der Waals surface area contributed by atoms with E-state index in [-0.39, 0.29) is 0 Å². The molecule has 1 fully saturated rings. The van der Waals surface area contributed by atoms with Crippen molar-refractivity contribution in [3.05, 3.63) is 29.8 Å². The van der Waals surface area contributed by atoms with Gasteiger partial charge in [0.25, 0.3) is 0 Å². The van der Waals surface area contributed by atoms with Crippen LogP contribution in [0.25, 0.3) is 0 Å². The molecule has 0 amide bonds. The first kappa shape index (κ1) is 9.53. The Hall–Kier alpha value is -1.02. The van der Waals surface area contributed by atoms with Crippen molar-refractivity contribution < 1.29 is 0 Å². The second-order valence-corrected chi connectivity index (χ2v) is 4.44. The predicted molar refractivity (Wildman–Crippen MR) is 60.2 cm³/mol. The second kappa shape index (κ2) is 3.62. The Balaban J connectivity index is 2.08. The number of hydrogen-bond acceptors (Lipinski definition) is 2. The van der Waals surface area contributed by atoms with Crippen LogP contribution in [0.5, 0.6) is 0 Å². The summed E-state index contributed by atoms with van der Waals surface area (Å²) in [5.41, 5.74) is 8.32. The van der Waals surface area contributed by atoms with Gasteiger partial charge >= 0.3 is 0 Å². The number of rotatable bonds is 3. The van der Waals surface area contributed by atoms with Crippen LogP contribution in [0.2, 0.25) is 0 Å². The summed E-state index contributed by atoms with van der Waals surface area (Å²) in [6, 6.07) is 8.38. The van der Waals surface area contributed by atoms with Crippen molar-refractivity contribution in [2.24, 2.45) is 5.73 Å². The standard InChI is InChI=1S/C12H18N2/c1-12(6-3-7-12)14-11-5-2-4-10(8-11)9-13/h2,4-5,8,14H,3,6-7,9,13H2,1H3. The van der Waals surface area contributed by atoms with Gasteiger partial charge in [-0.3, -0.25) is 0 Å². The molecule has 1 aromatic carbocycles. The molecule has 0 saturated heterocycles. The predicted octanol–water partition coefficient (Wildman–Crippen LogP) is 2.50. The number of nitrogens with two attached hydrogens (primary N) is 1. The summed E-state index contributed by atoms with van der Waals surface area (Å²) in [7, 11) is 0. The van der Waals surface area contributed by atoms with E-state index in [2.05, 4.69) is 36.5 Å². The van der Waals surface area contributed by atoms with E-state index in [0.717, 1.165) is 0 Å². The highest BCUT2D eigenvalue weighted by molar-refractivity contribution is 5.48. The third kappa shape index (κ3) is 1.90. The number of anilines is 1. The summed E-state index contributed by atoms with van der Waals surface area (Å²) >= 11 is 0. The van der Waals surface area contributed by atoms with E-state index >= 15 is 0 Å². The normalized spacial score (nSPS) is 18.7. The number of benzene rings is 1. The van der Waals surface area contributed by atoms with Gasteiger partial charge < -0.3 is 11.1 Å². The van der Waals surface area contributed by atoms with Crippen LogP contribution in [-0.4, -0.2) is 5.54 Å². The molecular weight excluding hydrogens is 172 g/mol. The highest BCUT2D eigenvalue weighted by Gasteiger charge is 2.31. The summed E-state index contributed by atoms with van der Waals surface area (Å²) in [5.74, 6) is 0. The Kier molecular flexibility index (Phi) is 2.46. The van der Waals surface area contributed by atoms with E-state index in [1.165, 1.54) is 30.5 Å². The van der Waals surface area contributed by atoms with Gasteiger partial charge in [0.15, 0.2) is 0 Å². The summed E-state index contributed by atoms with van der Waals surface area (Å²) < 4.78 is 0. The minimum Gasteiger partial charge on any atom is -0.380 e. The smallest absolute Gasteiger partial charge is 0.0347 e. The van der Waals surface area contributed by atoms with E-state index in [1.807, 2.05) is 0 Å². The van der Waals surface area contributed by atoms with Gasteiger partial charge in [0.2, 0.25) is 0 Å². The summed E-state index contributed by atoms with van der Waals surface area (Å²) in [5, 5.41) is 3.57. The van der Waals surface area contributed by atoms with Gasteiger partial charge in [0.1, 0.15) is 0 Å². The zero-order valence-electron chi connectivity index (χ0n) is 8.72. The topological polar surface area (TPSA) is 38.0 Å².